The minimum Gasteiger partial charge on any atom is -0.497 e. The van der Waals surface area contributed by atoms with E-state index in [9.17, 15) is 9.59 Å². The number of carbonyl (C=O) groups is 2. The molecular weight excluding hydrogens is 434 g/mol. The average molecular weight is 466 g/mol. The Kier molecular flexibility index (Phi) is 7.61. The normalized spacial score (nSPS) is 11.1. The fourth-order valence-electron chi connectivity index (χ4n) is 3.41. The van der Waals surface area contributed by atoms with Gasteiger partial charge in [-0.1, -0.05) is 12.1 Å². The molecule has 0 aliphatic rings. The van der Waals surface area contributed by atoms with Crippen molar-refractivity contribution in [2.75, 3.05) is 13.7 Å². The summed E-state index contributed by atoms with van der Waals surface area (Å²) in [5.41, 5.74) is 2.72. The highest BCUT2D eigenvalue weighted by Crippen LogP contribution is 2.25. The Bertz CT molecular complexity index is 1170. The lowest BCUT2D eigenvalue weighted by atomic mass is 10.1. The predicted octanol–water partition coefficient (Wildman–Crippen LogP) is 4.05. The second kappa shape index (κ2) is 10.4. The van der Waals surface area contributed by atoms with Gasteiger partial charge in [0, 0.05) is 19.2 Å². The fourth-order valence-corrected chi connectivity index (χ4v) is 3.41. The fraction of sp³-hybridized carbons (Fsp3) is 0.346. The molecule has 0 aliphatic carbocycles. The second-order valence-electron chi connectivity index (χ2n) is 8.38. The molecule has 8 heteroatoms. The molecule has 0 spiro atoms. The number of nitrogens with zero attached hydrogens (tertiary/aromatic N) is 2. The summed E-state index contributed by atoms with van der Waals surface area (Å²) in [5.74, 6) is 0.699. The molecule has 3 aromatic rings. The van der Waals surface area contributed by atoms with Gasteiger partial charge in [-0.3, -0.25) is 9.48 Å². The molecule has 1 heterocycles. The molecule has 0 saturated heterocycles. The van der Waals surface area contributed by atoms with Crippen molar-refractivity contribution in [3.05, 3.63) is 65.4 Å². The third kappa shape index (κ3) is 5.75. The van der Waals surface area contributed by atoms with Crippen LogP contribution in [0.4, 0.5) is 0 Å². The van der Waals surface area contributed by atoms with E-state index in [0.717, 1.165) is 22.4 Å². The number of ether oxygens (including phenoxy) is 3. The van der Waals surface area contributed by atoms with Gasteiger partial charge in [-0.15, -0.1) is 0 Å². The summed E-state index contributed by atoms with van der Waals surface area (Å²) < 4.78 is 17.7. The molecule has 34 heavy (non-hydrogen) atoms. The zero-order valence-corrected chi connectivity index (χ0v) is 20.5. The van der Waals surface area contributed by atoms with Crippen molar-refractivity contribution in [3.63, 3.8) is 0 Å². The summed E-state index contributed by atoms with van der Waals surface area (Å²) in [6.45, 7) is 7.63. The van der Waals surface area contributed by atoms with E-state index in [1.165, 1.54) is 0 Å². The third-order valence-electron chi connectivity index (χ3n) is 5.32. The molecule has 8 nitrogen and oxygen atoms in total. The summed E-state index contributed by atoms with van der Waals surface area (Å²) in [5, 5.41) is 7.39. The van der Waals surface area contributed by atoms with Gasteiger partial charge in [0.2, 0.25) is 0 Å². The molecule has 180 valence electrons. The molecule has 1 amide bonds. The largest absolute Gasteiger partial charge is 0.497 e. The zero-order chi connectivity index (χ0) is 24.9. The van der Waals surface area contributed by atoms with Crippen LogP contribution in [-0.4, -0.2) is 41.0 Å². The lowest BCUT2D eigenvalue weighted by Crippen LogP contribution is -2.39. The summed E-state index contributed by atoms with van der Waals surface area (Å²) in [7, 11) is 3.36. The molecule has 3 rings (SSSR count). The van der Waals surface area contributed by atoms with Crippen LogP contribution in [0, 0.1) is 6.92 Å². The molecule has 1 N–H and O–H groups in total. The minimum atomic E-state index is -1.10. The van der Waals surface area contributed by atoms with Crippen LogP contribution in [0.3, 0.4) is 0 Å². The molecule has 0 unspecified atom stereocenters. The molecule has 0 aliphatic heterocycles. The predicted molar refractivity (Wildman–Crippen MR) is 129 cm³/mol. The molecule has 0 fully saturated rings. The SMILES string of the molecule is CCOC(=O)C(C)(C)Oc1ccc(CNC(=O)c2cc(-c3ccc(OC)cc3)nn2C)cc1C. The summed E-state index contributed by atoms with van der Waals surface area (Å²) in [6, 6.07) is 14.8. The minimum absolute atomic E-state index is 0.226. The standard InChI is InChI=1S/C26H31N3O5/c1-7-33-25(31)26(3,4)34-23-13-8-18(14-17(23)2)16-27-24(30)22-15-21(28-29(22)5)19-9-11-20(32-6)12-10-19/h8-15H,7,16H2,1-6H3,(H,27,30). The topological polar surface area (TPSA) is 91.7 Å². The summed E-state index contributed by atoms with van der Waals surface area (Å²) in [6.07, 6.45) is 0. The lowest BCUT2D eigenvalue weighted by Gasteiger charge is -2.25. The highest BCUT2D eigenvalue weighted by atomic mass is 16.6. The van der Waals surface area contributed by atoms with E-state index in [4.69, 9.17) is 14.2 Å². The first-order chi connectivity index (χ1) is 16.1. The van der Waals surface area contributed by atoms with E-state index in [1.54, 1.807) is 51.7 Å². The molecule has 0 saturated carbocycles. The Morgan fingerprint density at radius 1 is 1.09 bits per heavy atom. The van der Waals surface area contributed by atoms with Gasteiger partial charge in [0.05, 0.1) is 19.4 Å². The molecule has 2 aromatic carbocycles. The van der Waals surface area contributed by atoms with Crippen LogP contribution in [0.1, 0.15) is 42.4 Å². The first kappa shape index (κ1) is 24.8. The maximum Gasteiger partial charge on any atom is 0.349 e. The number of amides is 1. The van der Waals surface area contributed by atoms with Crippen molar-refractivity contribution in [2.24, 2.45) is 7.05 Å². The smallest absolute Gasteiger partial charge is 0.349 e. The number of nitrogens with one attached hydrogen (secondary N) is 1. The van der Waals surface area contributed by atoms with Gasteiger partial charge >= 0.3 is 5.97 Å². The first-order valence-corrected chi connectivity index (χ1v) is 11.1. The molecule has 0 atom stereocenters. The number of esters is 1. The van der Waals surface area contributed by atoms with Gasteiger partial charge in [-0.05, 0) is 75.2 Å². The van der Waals surface area contributed by atoms with Crippen LogP contribution >= 0.6 is 0 Å². The van der Waals surface area contributed by atoms with Gasteiger partial charge in [-0.2, -0.15) is 5.10 Å². The molecule has 0 bridgehead atoms. The number of benzene rings is 2. The van der Waals surface area contributed by atoms with Crippen molar-refractivity contribution in [1.29, 1.82) is 0 Å². The van der Waals surface area contributed by atoms with Gasteiger partial charge < -0.3 is 19.5 Å². The Labute approximate surface area is 199 Å². The first-order valence-electron chi connectivity index (χ1n) is 11.1. The number of methoxy groups -OCH3 is 1. The van der Waals surface area contributed by atoms with Gasteiger partial charge in [0.1, 0.15) is 17.2 Å². The second-order valence-corrected chi connectivity index (χ2v) is 8.38. The Hall–Kier alpha value is -3.81. The van der Waals surface area contributed by atoms with Crippen LogP contribution < -0.4 is 14.8 Å². The lowest BCUT2D eigenvalue weighted by molar-refractivity contribution is -0.158. The van der Waals surface area contributed by atoms with E-state index >= 15 is 0 Å². The highest BCUT2D eigenvalue weighted by molar-refractivity contribution is 5.93. The number of aryl methyl sites for hydroxylation is 2. The van der Waals surface area contributed by atoms with E-state index in [1.807, 2.05) is 43.3 Å². The Balaban J connectivity index is 1.65. The van der Waals surface area contributed by atoms with Crippen molar-refractivity contribution < 1.29 is 23.8 Å². The van der Waals surface area contributed by atoms with E-state index in [2.05, 4.69) is 10.4 Å². The third-order valence-corrected chi connectivity index (χ3v) is 5.32. The monoisotopic (exact) mass is 465 g/mol. The molecule has 0 radical (unpaired) electrons. The van der Waals surface area contributed by atoms with E-state index < -0.39 is 11.6 Å². The van der Waals surface area contributed by atoms with Gasteiger partial charge in [-0.25, -0.2) is 4.79 Å². The van der Waals surface area contributed by atoms with Gasteiger partial charge in [0.15, 0.2) is 5.60 Å². The maximum atomic E-state index is 12.8. The summed E-state index contributed by atoms with van der Waals surface area (Å²) in [4.78, 5) is 24.9. The number of carbonyl (C=O) groups excluding carboxylic acids is 2. The number of aromatic nitrogens is 2. The average Bonchev–Trinajstić information content (AvgIpc) is 3.21. The number of hydrogen-bond acceptors (Lipinski definition) is 6. The van der Waals surface area contributed by atoms with Gasteiger partial charge in [0.25, 0.3) is 5.91 Å². The number of hydrogen-bond donors (Lipinski definition) is 1. The van der Waals surface area contributed by atoms with Crippen molar-refractivity contribution in [3.8, 4) is 22.8 Å². The van der Waals surface area contributed by atoms with Crippen LogP contribution in [0.15, 0.2) is 48.5 Å². The highest BCUT2D eigenvalue weighted by Gasteiger charge is 2.32. The van der Waals surface area contributed by atoms with E-state index in [-0.39, 0.29) is 5.91 Å². The Morgan fingerprint density at radius 2 is 1.79 bits per heavy atom. The van der Waals surface area contributed by atoms with Crippen molar-refractivity contribution in [2.45, 2.75) is 39.8 Å². The molecule has 1 aromatic heterocycles. The van der Waals surface area contributed by atoms with Crippen LogP contribution in [0.2, 0.25) is 0 Å². The number of rotatable bonds is 9. The van der Waals surface area contributed by atoms with Crippen molar-refractivity contribution in [1.82, 2.24) is 15.1 Å². The zero-order valence-electron chi connectivity index (χ0n) is 20.5. The van der Waals surface area contributed by atoms with Crippen LogP contribution in [-0.2, 0) is 23.1 Å². The van der Waals surface area contributed by atoms with E-state index in [0.29, 0.717) is 30.3 Å². The Morgan fingerprint density at radius 3 is 2.41 bits per heavy atom. The molecular formula is C26H31N3O5. The van der Waals surface area contributed by atoms with Crippen molar-refractivity contribution >= 4 is 11.9 Å². The summed E-state index contributed by atoms with van der Waals surface area (Å²) >= 11 is 0. The maximum absolute atomic E-state index is 12.8. The quantitative estimate of drug-likeness (QED) is 0.479. The van der Waals surface area contributed by atoms with Crippen LogP contribution in [0.5, 0.6) is 11.5 Å². The van der Waals surface area contributed by atoms with Crippen LogP contribution in [0.25, 0.3) is 11.3 Å².